The van der Waals surface area contributed by atoms with Crippen LogP contribution in [0.1, 0.15) is 0 Å². The van der Waals surface area contributed by atoms with Gasteiger partial charge >= 0.3 is 5.69 Å². The molecular formula is C11H3BrClN5O2. The first kappa shape index (κ1) is 15.5. The lowest BCUT2D eigenvalue weighted by Gasteiger charge is -2.08. The van der Waals surface area contributed by atoms with Gasteiger partial charge in [-0.3, -0.25) is 10.1 Å². The Balaban J connectivity index is 3.52. The van der Waals surface area contributed by atoms with Crippen LogP contribution in [0.5, 0.6) is 0 Å². The maximum absolute atomic E-state index is 11.0. The molecule has 1 N–H and O–H groups in total. The highest BCUT2D eigenvalue weighted by molar-refractivity contribution is 9.10. The smallest absolute Gasteiger partial charge is 0.312 e. The van der Waals surface area contributed by atoms with Gasteiger partial charge in [-0.15, -0.1) is 0 Å². The van der Waals surface area contributed by atoms with Crippen LogP contribution in [0.2, 0.25) is 5.02 Å². The molecule has 9 heteroatoms. The van der Waals surface area contributed by atoms with Gasteiger partial charge in [0.05, 0.1) is 4.92 Å². The van der Waals surface area contributed by atoms with Gasteiger partial charge in [0.2, 0.25) is 0 Å². The zero-order valence-electron chi connectivity index (χ0n) is 9.52. The molecule has 0 unspecified atom stereocenters. The Bertz CT molecular complexity index is 723. The molecule has 0 fully saturated rings. The van der Waals surface area contributed by atoms with E-state index >= 15 is 0 Å². The molecule has 0 saturated heterocycles. The summed E-state index contributed by atoms with van der Waals surface area (Å²) in [5, 5.41) is 39.6. The summed E-state index contributed by atoms with van der Waals surface area (Å²) >= 11 is 8.82. The van der Waals surface area contributed by atoms with Crippen molar-refractivity contribution in [3.63, 3.8) is 0 Å². The van der Waals surface area contributed by atoms with Gasteiger partial charge < -0.3 is 5.32 Å². The average Bonchev–Trinajstić information content (AvgIpc) is 2.42. The zero-order valence-corrected chi connectivity index (χ0v) is 11.9. The second kappa shape index (κ2) is 6.53. The molecule has 0 aromatic heterocycles. The number of hydrogen-bond donors (Lipinski definition) is 1. The molecule has 0 aliphatic carbocycles. The molecule has 0 radical (unpaired) electrons. The highest BCUT2D eigenvalue weighted by Crippen LogP contribution is 2.39. The summed E-state index contributed by atoms with van der Waals surface area (Å²) in [7, 11) is 0. The lowest BCUT2D eigenvalue weighted by molar-refractivity contribution is -0.383. The van der Waals surface area contributed by atoms with E-state index in [0.717, 1.165) is 0 Å². The van der Waals surface area contributed by atoms with Crippen molar-refractivity contribution >= 4 is 38.9 Å². The average molecular weight is 353 g/mol. The quantitative estimate of drug-likeness (QED) is 0.505. The number of rotatable bonds is 3. The molecule has 0 spiro atoms. The van der Waals surface area contributed by atoms with Crippen molar-refractivity contribution in [2.24, 2.45) is 0 Å². The molecular weight excluding hydrogens is 350 g/mol. The zero-order chi connectivity index (χ0) is 15.3. The van der Waals surface area contributed by atoms with Crippen LogP contribution in [-0.2, 0) is 0 Å². The van der Waals surface area contributed by atoms with Crippen molar-refractivity contribution in [1.82, 2.24) is 0 Å². The SMILES string of the molecule is N#CC(C#N)=C(C#N)Nc1c(Br)ccc(Cl)c1[N+](=O)[O-]. The summed E-state index contributed by atoms with van der Waals surface area (Å²) in [6.45, 7) is 0. The molecule has 0 atom stereocenters. The minimum Gasteiger partial charge on any atom is -0.339 e. The fraction of sp³-hybridized carbons (Fsp3) is 0. The molecule has 0 saturated carbocycles. The molecule has 0 heterocycles. The molecule has 0 amide bonds. The third kappa shape index (κ3) is 3.04. The Morgan fingerprint density at radius 2 is 1.90 bits per heavy atom. The van der Waals surface area contributed by atoms with Crippen LogP contribution in [0, 0.1) is 44.1 Å². The molecule has 20 heavy (non-hydrogen) atoms. The van der Waals surface area contributed by atoms with E-state index in [1.807, 2.05) is 0 Å². The van der Waals surface area contributed by atoms with Crippen molar-refractivity contribution in [2.75, 3.05) is 5.32 Å². The van der Waals surface area contributed by atoms with E-state index in [1.165, 1.54) is 24.3 Å². The van der Waals surface area contributed by atoms with E-state index in [9.17, 15) is 10.1 Å². The molecule has 0 aliphatic heterocycles. The number of nitro benzene ring substituents is 1. The van der Waals surface area contributed by atoms with Gasteiger partial charge in [-0.25, -0.2) is 0 Å². The second-order valence-corrected chi connectivity index (χ2v) is 4.48. The summed E-state index contributed by atoms with van der Waals surface area (Å²) in [6.07, 6.45) is 0. The standard InChI is InChI=1S/C11H3BrClN5O2/c12-7-1-2-8(13)11(18(19)20)10(7)17-9(5-16)6(3-14)4-15/h1-2,17H. The molecule has 1 aromatic carbocycles. The van der Waals surface area contributed by atoms with Crippen LogP contribution in [0.4, 0.5) is 11.4 Å². The van der Waals surface area contributed by atoms with Crippen molar-refractivity contribution in [3.05, 3.63) is 43.0 Å². The lowest BCUT2D eigenvalue weighted by Crippen LogP contribution is -2.05. The van der Waals surface area contributed by atoms with Gasteiger partial charge in [0.25, 0.3) is 0 Å². The van der Waals surface area contributed by atoms with Crippen LogP contribution < -0.4 is 5.32 Å². The maximum atomic E-state index is 11.0. The lowest BCUT2D eigenvalue weighted by atomic mass is 10.2. The molecule has 1 aromatic rings. The Labute approximate surface area is 126 Å². The van der Waals surface area contributed by atoms with Gasteiger partial charge in [-0.1, -0.05) is 11.6 Å². The first-order chi connectivity index (χ1) is 9.46. The number of allylic oxidation sites excluding steroid dienone is 2. The largest absolute Gasteiger partial charge is 0.339 e. The Morgan fingerprint density at radius 1 is 1.30 bits per heavy atom. The fourth-order valence-corrected chi connectivity index (χ4v) is 1.89. The molecule has 98 valence electrons. The maximum Gasteiger partial charge on any atom is 0.312 e. The number of anilines is 1. The summed E-state index contributed by atoms with van der Waals surface area (Å²) in [6, 6.07) is 7.39. The summed E-state index contributed by atoms with van der Waals surface area (Å²) in [5.41, 5.74) is -1.47. The van der Waals surface area contributed by atoms with Gasteiger partial charge in [0.1, 0.15) is 34.6 Å². The Hall–Kier alpha value is -2.60. The van der Waals surface area contributed by atoms with Crippen molar-refractivity contribution in [3.8, 4) is 18.2 Å². The van der Waals surface area contributed by atoms with E-state index in [-0.39, 0.29) is 15.2 Å². The summed E-state index contributed by atoms with van der Waals surface area (Å²) < 4.78 is 0.261. The van der Waals surface area contributed by atoms with E-state index in [4.69, 9.17) is 27.4 Å². The van der Waals surface area contributed by atoms with Gasteiger partial charge in [0, 0.05) is 4.47 Å². The topological polar surface area (TPSA) is 127 Å². The predicted molar refractivity (Wildman–Crippen MR) is 73.3 cm³/mol. The molecule has 1 rings (SSSR count). The number of nitriles is 3. The second-order valence-electron chi connectivity index (χ2n) is 3.22. The first-order valence-electron chi connectivity index (χ1n) is 4.80. The van der Waals surface area contributed by atoms with Gasteiger partial charge in [-0.05, 0) is 28.1 Å². The number of hydrogen-bond acceptors (Lipinski definition) is 6. The van der Waals surface area contributed by atoms with E-state index in [1.54, 1.807) is 6.07 Å². The minimum atomic E-state index is -0.733. The van der Waals surface area contributed by atoms with Crippen molar-refractivity contribution in [2.45, 2.75) is 0 Å². The highest BCUT2D eigenvalue weighted by atomic mass is 79.9. The Morgan fingerprint density at radius 3 is 2.35 bits per heavy atom. The molecule has 0 aliphatic rings. The van der Waals surface area contributed by atoms with E-state index in [0.29, 0.717) is 0 Å². The van der Waals surface area contributed by atoms with Crippen LogP contribution in [0.25, 0.3) is 0 Å². The fourth-order valence-electron chi connectivity index (χ4n) is 1.25. The van der Waals surface area contributed by atoms with Gasteiger partial charge in [-0.2, -0.15) is 15.8 Å². The number of nitrogens with zero attached hydrogens (tertiary/aromatic N) is 4. The Kier molecular flexibility index (Phi) is 5.05. The van der Waals surface area contributed by atoms with Crippen molar-refractivity contribution < 1.29 is 4.92 Å². The van der Waals surface area contributed by atoms with Crippen molar-refractivity contribution in [1.29, 1.82) is 15.8 Å². The van der Waals surface area contributed by atoms with Gasteiger partial charge in [0.15, 0.2) is 5.57 Å². The monoisotopic (exact) mass is 351 g/mol. The molecule has 0 bridgehead atoms. The van der Waals surface area contributed by atoms with Crippen LogP contribution in [-0.4, -0.2) is 4.92 Å². The summed E-state index contributed by atoms with van der Waals surface area (Å²) in [4.78, 5) is 10.3. The number of nitrogens with one attached hydrogen (secondary N) is 1. The predicted octanol–water partition coefficient (Wildman–Crippen LogP) is 3.25. The van der Waals surface area contributed by atoms with E-state index < -0.39 is 21.9 Å². The van der Waals surface area contributed by atoms with Crippen LogP contribution >= 0.6 is 27.5 Å². The number of nitro groups is 1. The first-order valence-corrected chi connectivity index (χ1v) is 5.97. The molecule has 7 nitrogen and oxygen atoms in total. The third-order valence-corrected chi connectivity index (χ3v) is 3.06. The number of halogens is 2. The van der Waals surface area contributed by atoms with Crippen LogP contribution in [0.15, 0.2) is 27.9 Å². The third-order valence-electron chi connectivity index (χ3n) is 2.10. The normalized spacial score (nSPS) is 8.75. The van der Waals surface area contributed by atoms with E-state index in [2.05, 4.69) is 21.2 Å². The highest BCUT2D eigenvalue weighted by Gasteiger charge is 2.23. The summed E-state index contributed by atoms with van der Waals surface area (Å²) in [5.74, 6) is 0. The minimum absolute atomic E-state index is 0.109. The number of benzene rings is 1. The van der Waals surface area contributed by atoms with Crippen LogP contribution in [0.3, 0.4) is 0 Å².